The molecule has 1 heterocycles. The van der Waals surface area contributed by atoms with Crippen LogP contribution < -0.4 is 5.73 Å². The first-order valence-corrected chi connectivity index (χ1v) is 7.34. The van der Waals surface area contributed by atoms with E-state index < -0.39 is 0 Å². The van der Waals surface area contributed by atoms with E-state index in [1.165, 1.54) is 12.8 Å². The minimum Gasteiger partial charge on any atom is -0.397 e. The number of rotatable bonds is 3. The highest BCUT2D eigenvalue weighted by atomic mass is 35.5. The van der Waals surface area contributed by atoms with Crippen molar-refractivity contribution >= 4 is 23.2 Å². The van der Waals surface area contributed by atoms with Crippen molar-refractivity contribution in [2.24, 2.45) is 5.92 Å². The van der Waals surface area contributed by atoms with Crippen LogP contribution in [0, 0.1) is 5.92 Å². The highest BCUT2D eigenvalue weighted by Crippen LogP contribution is 2.27. The predicted molar refractivity (Wildman–Crippen MR) is 79.4 cm³/mol. The molecule has 0 aromatic heterocycles. The molecule has 1 amide bonds. The van der Waals surface area contributed by atoms with Gasteiger partial charge >= 0.3 is 0 Å². The molecule has 0 radical (unpaired) electrons. The first-order chi connectivity index (χ1) is 9.13. The first-order valence-electron chi connectivity index (χ1n) is 6.96. The summed E-state index contributed by atoms with van der Waals surface area (Å²) in [5, 5.41) is 0.451. The standard InChI is InChI=1S/C15H21ClN2O/c1-2-4-11-7-9-18(10-8-11)15(19)12-5-3-6-13(16)14(12)17/h3,5-6,11H,2,4,7-10,17H2,1H3. The van der Waals surface area contributed by atoms with Crippen LogP contribution in [0.1, 0.15) is 43.0 Å². The van der Waals surface area contributed by atoms with Crippen LogP contribution in [0.3, 0.4) is 0 Å². The van der Waals surface area contributed by atoms with Crippen LogP contribution in [0.4, 0.5) is 5.69 Å². The molecule has 2 rings (SSSR count). The third-order valence-electron chi connectivity index (χ3n) is 3.88. The normalized spacial score (nSPS) is 16.6. The number of amides is 1. The number of carbonyl (C=O) groups excluding carboxylic acids is 1. The van der Waals surface area contributed by atoms with Crippen molar-refractivity contribution in [3.63, 3.8) is 0 Å². The van der Waals surface area contributed by atoms with Gasteiger partial charge in [0.05, 0.1) is 16.3 Å². The van der Waals surface area contributed by atoms with Gasteiger partial charge in [-0.25, -0.2) is 0 Å². The molecule has 0 aliphatic carbocycles. The average molecular weight is 281 g/mol. The molecule has 0 bridgehead atoms. The lowest BCUT2D eigenvalue weighted by atomic mass is 9.92. The summed E-state index contributed by atoms with van der Waals surface area (Å²) < 4.78 is 0. The lowest BCUT2D eigenvalue weighted by molar-refractivity contribution is 0.0687. The smallest absolute Gasteiger partial charge is 0.255 e. The Morgan fingerprint density at radius 1 is 1.42 bits per heavy atom. The van der Waals surface area contributed by atoms with Crippen molar-refractivity contribution in [2.75, 3.05) is 18.8 Å². The molecular weight excluding hydrogens is 260 g/mol. The van der Waals surface area contributed by atoms with Crippen LogP contribution in [0.25, 0.3) is 0 Å². The van der Waals surface area contributed by atoms with Gasteiger partial charge in [0.15, 0.2) is 0 Å². The Kier molecular flexibility index (Phi) is 4.70. The summed E-state index contributed by atoms with van der Waals surface area (Å²) in [7, 11) is 0. The number of hydrogen-bond donors (Lipinski definition) is 1. The lowest BCUT2D eigenvalue weighted by Gasteiger charge is -2.32. The number of halogens is 1. The summed E-state index contributed by atoms with van der Waals surface area (Å²) in [4.78, 5) is 14.3. The molecule has 1 aromatic carbocycles. The Morgan fingerprint density at radius 3 is 2.74 bits per heavy atom. The molecule has 1 aromatic rings. The van der Waals surface area contributed by atoms with Crippen molar-refractivity contribution in [3.8, 4) is 0 Å². The maximum absolute atomic E-state index is 12.4. The van der Waals surface area contributed by atoms with Gasteiger partial charge in [-0.05, 0) is 30.9 Å². The maximum Gasteiger partial charge on any atom is 0.255 e. The number of nitrogens with two attached hydrogens (primary N) is 1. The number of carbonyl (C=O) groups is 1. The number of anilines is 1. The zero-order chi connectivity index (χ0) is 13.8. The predicted octanol–water partition coefficient (Wildman–Crippen LogP) is 3.57. The summed E-state index contributed by atoms with van der Waals surface area (Å²) in [6.45, 7) is 3.87. The first kappa shape index (κ1) is 14.2. The van der Waals surface area contributed by atoms with Gasteiger partial charge in [-0.15, -0.1) is 0 Å². The van der Waals surface area contributed by atoms with Crippen molar-refractivity contribution in [3.05, 3.63) is 28.8 Å². The number of para-hydroxylation sites is 1. The molecule has 0 saturated carbocycles. The molecule has 19 heavy (non-hydrogen) atoms. The van der Waals surface area contributed by atoms with E-state index in [2.05, 4.69) is 6.92 Å². The summed E-state index contributed by atoms with van der Waals surface area (Å²) in [5.74, 6) is 0.778. The quantitative estimate of drug-likeness (QED) is 0.860. The van der Waals surface area contributed by atoms with Gasteiger partial charge in [0, 0.05) is 13.1 Å². The number of benzene rings is 1. The monoisotopic (exact) mass is 280 g/mol. The summed E-state index contributed by atoms with van der Waals surface area (Å²) in [5.41, 5.74) is 6.81. The molecule has 3 nitrogen and oxygen atoms in total. The molecular formula is C15H21ClN2O. The largest absolute Gasteiger partial charge is 0.397 e. The summed E-state index contributed by atoms with van der Waals surface area (Å²) in [6.07, 6.45) is 4.68. The number of hydrogen-bond acceptors (Lipinski definition) is 2. The van der Waals surface area contributed by atoms with Gasteiger partial charge in [0.2, 0.25) is 0 Å². The van der Waals surface area contributed by atoms with E-state index in [0.717, 1.165) is 31.8 Å². The third kappa shape index (κ3) is 3.21. The Hall–Kier alpha value is -1.22. The fraction of sp³-hybridized carbons (Fsp3) is 0.533. The molecule has 1 aliphatic rings. The second kappa shape index (κ2) is 6.29. The zero-order valence-electron chi connectivity index (χ0n) is 11.4. The van der Waals surface area contributed by atoms with E-state index in [-0.39, 0.29) is 5.91 Å². The van der Waals surface area contributed by atoms with Gasteiger partial charge in [0.25, 0.3) is 5.91 Å². The van der Waals surface area contributed by atoms with E-state index in [1.54, 1.807) is 18.2 Å². The molecule has 0 spiro atoms. The van der Waals surface area contributed by atoms with Crippen molar-refractivity contribution in [2.45, 2.75) is 32.6 Å². The molecule has 104 valence electrons. The number of nitrogen functional groups attached to an aromatic ring is 1. The average Bonchev–Trinajstić information content (AvgIpc) is 2.42. The van der Waals surface area contributed by atoms with Gasteiger partial charge in [-0.1, -0.05) is 37.4 Å². The molecule has 0 atom stereocenters. The Morgan fingerprint density at radius 2 is 2.11 bits per heavy atom. The Labute approximate surface area is 119 Å². The number of likely N-dealkylation sites (tertiary alicyclic amines) is 1. The fourth-order valence-corrected chi connectivity index (χ4v) is 2.90. The highest BCUT2D eigenvalue weighted by molar-refractivity contribution is 6.33. The van der Waals surface area contributed by atoms with Crippen molar-refractivity contribution < 1.29 is 4.79 Å². The number of nitrogens with zero attached hydrogens (tertiary/aromatic N) is 1. The zero-order valence-corrected chi connectivity index (χ0v) is 12.1. The Bertz CT molecular complexity index is 453. The van der Waals surface area contributed by atoms with Crippen LogP contribution >= 0.6 is 11.6 Å². The molecule has 1 aliphatic heterocycles. The minimum absolute atomic E-state index is 0.00921. The minimum atomic E-state index is 0.00921. The van der Waals surface area contributed by atoms with Crippen molar-refractivity contribution in [1.82, 2.24) is 4.90 Å². The summed E-state index contributed by atoms with van der Waals surface area (Å²) in [6, 6.07) is 5.23. The number of piperidine rings is 1. The van der Waals surface area contributed by atoms with E-state index >= 15 is 0 Å². The van der Waals surface area contributed by atoms with Crippen LogP contribution in [-0.2, 0) is 0 Å². The molecule has 2 N–H and O–H groups in total. The van der Waals surface area contributed by atoms with Crippen LogP contribution in [0.5, 0.6) is 0 Å². The SMILES string of the molecule is CCCC1CCN(C(=O)c2cccc(Cl)c2N)CC1. The van der Waals surface area contributed by atoms with Crippen LogP contribution in [0.15, 0.2) is 18.2 Å². The van der Waals surface area contributed by atoms with Crippen LogP contribution in [0.2, 0.25) is 5.02 Å². The Balaban J connectivity index is 2.03. The van der Waals surface area contributed by atoms with Gasteiger partial charge < -0.3 is 10.6 Å². The van der Waals surface area contributed by atoms with Crippen molar-refractivity contribution in [1.29, 1.82) is 0 Å². The fourth-order valence-electron chi connectivity index (χ4n) is 2.73. The molecule has 1 saturated heterocycles. The lowest BCUT2D eigenvalue weighted by Crippen LogP contribution is -2.38. The molecule has 0 unspecified atom stereocenters. The second-order valence-corrected chi connectivity index (χ2v) is 5.63. The topological polar surface area (TPSA) is 46.3 Å². The molecule has 4 heteroatoms. The third-order valence-corrected chi connectivity index (χ3v) is 4.21. The maximum atomic E-state index is 12.4. The van der Waals surface area contributed by atoms with E-state index in [0.29, 0.717) is 16.3 Å². The van der Waals surface area contributed by atoms with Gasteiger partial charge in [0.1, 0.15) is 0 Å². The second-order valence-electron chi connectivity index (χ2n) is 5.23. The van der Waals surface area contributed by atoms with Gasteiger partial charge in [-0.3, -0.25) is 4.79 Å². The highest BCUT2D eigenvalue weighted by Gasteiger charge is 2.24. The summed E-state index contributed by atoms with van der Waals surface area (Å²) >= 11 is 5.97. The van der Waals surface area contributed by atoms with E-state index in [1.807, 2.05) is 4.90 Å². The van der Waals surface area contributed by atoms with E-state index in [9.17, 15) is 4.79 Å². The van der Waals surface area contributed by atoms with E-state index in [4.69, 9.17) is 17.3 Å². The molecule has 1 fully saturated rings. The van der Waals surface area contributed by atoms with Crippen LogP contribution in [-0.4, -0.2) is 23.9 Å². The van der Waals surface area contributed by atoms with Gasteiger partial charge in [-0.2, -0.15) is 0 Å².